The molecule has 0 N–H and O–H groups in total. The summed E-state index contributed by atoms with van der Waals surface area (Å²) in [6.07, 6.45) is 0. The lowest BCUT2D eigenvalue weighted by molar-refractivity contribution is -0.153. The molecule has 180 valence electrons. The van der Waals surface area contributed by atoms with E-state index in [-0.39, 0.29) is 24.5 Å². The van der Waals surface area contributed by atoms with Crippen LogP contribution >= 0.6 is 0 Å². The second-order valence-electron chi connectivity index (χ2n) is 8.11. The molecule has 0 saturated carbocycles. The Hall–Kier alpha value is -4.18. The smallest absolute Gasteiger partial charge is 0.339 e. The second-order valence-corrected chi connectivity index (χ2v) is 8.11. The van der Waals surface area contributed by atoms with Gasteiger partial charge in [-0.05, 0) is 23.3 Å². The highest BCUT2D eigenvalue weighted by Gasteiger charge is 2.69. The van der Waals surface area contributed by atoms with Crippen LogP contribution in [0.1, 0.15) is 27.5 Å². The molecule has 5 rings (SSSR count). The zero-order valence-electron chi connectivity index (χ0n) is 19.2. The number of nitrogens with zero attached hydrogens (tertiary/aromatic N) is 1. The molecule has 35 heavy (non-hydrogen) atoms. The van der Waals surface area contributed by atoms with Crippen LogP contribution < -0.4 is 9.47 Å². The average molecular weight is 479 g/mol. The molecule has 2 aromatic carbocycles. The van der Waals surface area contributed by atoms with E-state index in [1.54, 1.807) is 42.5 Å². The number of rotatable bonds is 5. The fourth-order valence-electron chi connectivity index (χ4n) is 5.12. The molecule has 10 nitrogen and oxygen atoms in total. The molecule has 0 aliphatic carbocycles. The van der Waals surface area contributed by atoms with Gasteiger partial charge in [0.2, 0.25) is 12.3 Å². The summed E-state index contributed by atoms with van der Waals surface area (Å²) in [5.74, 6) is -2.52. The van der Waals surface area contributed by atoms with E-state index in [2.05, 4.69) is 0 Å². The number of hydrogen-bond acceptors (Lipinski definition) is 10. The van der Waals surface area contributed by atoms with Gasteiger partial charge < -0.3 is 23.7 Å². The number of carbonyl (C=O) groups is 4. The minimum atomic E-state index is -2.26. The van der Waals surface area contributed by atoms with Crippen LogP contribution in [0.2, 0.25) is 0 Å². The van der Waals surface area contributed by atoms with E-state index >= 15 is 0 Å². The first kappa shape index (κ1) is 22.6. The van der Waals surface area contributed by atoms with E-state index in [0.717, 1.165) is 21.3 Å². The van der Waals surface area contributed by atoms with Crippen LogP contribution in [0.5, 0.6) is 11.5 Å². The van der Waals surface area contributed by atoms with Crippen molar-refractivity contribution in [3.8, 4) is 11.5 Å². The normalized spacial score (nSPS) is 22.0. The van der Waals surface area contributed by atoms with Gasteiger partial charge in [0.1, 0.15) is 0 Å². The molecular weight excluding hydrogens is 458 g/mol. The van der Waals surface area contributed by atoms with E-state index in [9.17, 15) is 19.2 Å². The monoisotopic (exact) mass is 479 g/mol. The zero-order chi connectivity index (χ0) is 24.9. The van der Waals surface area contributed by atoms with Gasteiger partial charge in [0, 0.05) is 12.1 Å². The minimum absolute atomic E-state index is 0.0164. The quantitative estimate of drug-likeness (QED) is 0.356. The van der Waals surface area contributed by atoms with Crippen molar-refractivity contribution in [3.05, 3.63) is 70.3 Å². The van der Waals surface area contributed by atoms with Gasteiger partial charge >= 0.3 is 17.9 Å². The second kappa shape index (κ2) is 8.24. The topological polar surface area (TPSA) is 118 Å². The molecular formula is C25H21NO9. The van der Waals surface area contributed by atoms with Gasteiger partial charge in [-0.1, -0.05) is 30.3 Å². The SMILES string of the molecule is COC(=O)C1=C(C(=O)OC)C2(C(=O)OC)C(=O)c3ccccc3C1N2Cc1ccc2c(c1)OCO2. The maximum absolute atomic E-state index is 14.1. The van der Waals surface area contributed by atoms with Crippen LogP contribution in [0.15, 0.2) is 53.6 Å². The van der Waals surface area contributed by atoms with Crippen LogP contribution in [0.4, 0.5) is 0 Å². The minimum Gasteiger partial charge on any atom is -0.467 e. The van der Waals surface area contributed by atoms with Crippen molar-refractivity contribution in [1.82, 2.24) is 4.90 Å². The van der Waals surface area contributed by atoms with Crippen LogP contribution in [0.3, 0.4) is 0 Å². The summed E-state index contributed by atoms with van der Waals surface area (Å²) >= 11 is 0. The van der Waals surface area contributed by atoms with Crippen molar-refractivity contribution in [1.29, 1.82) is 0 Å². The highest BCUT2D eigenvalue weighted by molar-refractivity contribution is 6.28. The molecule has 0 saturated heterocycles. The summed E-state index contributed by atoms with van der Waals surface area (Å²) in [5.41, 5.74) is -1.52. The number of esters is 3. The van der Waals surface area contributed by atoms with Crippen LogP contribution in [-0.2, 0) is 35.1 Å². The summed E-state index contributed by atoms with van der Waals surface area (Å²) in [4.78, 5) is 55.3. The summed E-state index contributed by atoms with van der Waals surface area (Å²) in [6, 6.07) is 10.8. The number of ketones is 1. The first-order valence-electron chi connectivity index (χ1n) is 10.7. The van der Waals surface area contributed by atoms with Crippen LogP contribution in [-0.4, -0.2) is 62.3 Å². The maximum atomic E-state index is 14.1. The molecule has 0 radical (unpaired) electrons. The summed E-state index contributed by atoms with van der Waals surface area (Å²) < 4.78 is 25.9. The fraction of sp³-hybridized carbons (Fsp3) is 0.280. The third-order valence-corrected chi connectivity index (χ3v) is 6.54. The largest absolute Gasteiger partial charge is 0.467 e. The maximum Gasteiger partial charge on any atom is 0.339 e. The lowest BCUT2D eigenvalue weighted by Gasteiger charge is -2.43. The molecule has 3 aliphatic heterocycles. The van der Waals surface area contributed by atoms with Gasteiger partial charge in [-0.2, -0.15) is 0 Å². The standard InChI is InChI=1S/C25H21NO9/c1-31-22(28)18-19(23(29)32-2)25(24(30)33-3)21(27)15-7-5-4-6-14(15)20(18)26(25)11-13-8-9-16-17(10-13)35-12-34-16/h4-10,20H,11-12H2,1-3H3. The molecule has 2 atom stereocenters. The van der Waals surface area contributed by atoms with Crippen molar-refractivity contribution in [2.24, 2.45) is 0 Å². The fourth-order valence-corrected chi connectivity index (χ4v) is 5.12. The van der Waals surface area contributed by atoms with Crippen molar-refractivity contribution < 1.29 is 42.9 Å². The summed E-state index contributed by atoms with van der Waals surface area (Å²) in [5, 5.41) is 0. The number of Topliss-reactive ketones (excluding diaryl/α,β-unsaturated/α-hetero) is 1. The van der Waals surface area contributed by atoms with E-state index in [0.29, 0.717) is 22.6 Å². The van der Waals surface area contributed by atoms with Gasteiger partial charge in [0.15, 0.2) is 17.3 Å². The summed E-state index contributed by atoms with van der Waals surface area (Å²) in [6.45, 7) is 0.0566. The molecule has 2 bridgehead atoms. The van der Waals surface area contributed by atoms with Crippen molar-refractivity contribution in [3.63, 3.8) is 0 Å². The first-order chi connectivity index (χ1) is 16.9. The molecule has 3 aliphatic rings. The van der Waals surface area contributed by atoms with Gasteiger partial charge in [0.25, 0.3) is 0 Å². The summed E-state index contributed by atoms with van der Waals surface area (Å²) in [7, 11) is 3.38. The molecule has 0 spiro atoms. The van der Waals surface area contributed by atoms with Gasteiger partial charge in [-0.25, -0.2) is 14.4 Å². The Morgan fingerprint density at radius 2 is 1.69 bits per heavy atom. The van der Waals surface area contributed by atoms with Gasteiger partial charge in [-0.15, -0.1) is 0 Å². The Balaban J connectivity index is 1.80. The molecule has 0 fully saturated rings. The lowest BCUT2D eigenvalue weighted by Crippen LogP contribution is -2.62. The van der Waals surface area contributed by atoms with E-state index < -0.39 is 40.8 Å². The Bertz CT molecular complexity index is 1310. The van der Waals surface area contributed by atoms with Gasteiger partial charge in [-0.3, -0.25) is 9.69 Å². The Kier molecular flexibility index (Phi) is 5.32. The average Bonchev–Trinajstić information content (AvgIpc) is 3.45. The predicted molar refractivity (Wildman–Crippen MR) is 117 cm³/mol. The van der Waals surface area contributed by atoms with E-state index in [1.165, 1.54) is 4.90 Å². The third-order valence-electron chi connectivity index (χ3n) is 6.54. The van der Waals surface area contributed by atoms with Gasteiger partial charge in [0.05, 0.1) is 38.5 Å². The van der Waals surface area contributed by atoms with Crippen LogP contribution in [0, 0.1) is 0 Å². The highest BCUT2D eigenvalue weighted by Crippen LogP contribution is 2.55. The van der Waals surface area contributed by atoms with E-state index in [4.69, 9.17) is 23.7 Å². The molecule has 2 unspecified atom stereocenters. The Morgan fingerprint density at radius 1 is 0.971 bits per heavy atom. The predicted octanol–water partition coefficient (Wildman–Crippen LogP) is 1.72. The zero-order valence-corrected chi connectivity index (χ0v) is 19.2. The molecule has 3 heterocycles. The number of benzene rings is 2. The van der Waals surface area contributed by atoms with Crippen molar-refractivity contribution in [2.45, 2.75) is 18.1 Å². The van der Waals surface area contributed by atoms with E-state index in [1.807, 2.05) is 0 Å². The molecule has 10 heteroatoms. The number of ether oxygens (including phenoxy) is 5. The number of methoxy groups -OCH3 is 3. The van der Waals surface area contributed by atoms with Crippen molar-refractivity contribution in [2.75, 3.05) is 28.1 Å². The Morgan fingerprint density at radius 3 is 2.40 bits per heavy atom. The number of fused-ring (bicyclic) bond motifs is 5. The number of hydrogen-bond donors (Lipinski definition) is 0. The third kappa shape index (κ3) is 2.99. The molecule has 2 aromatic rings. The molecule has 0 aromatic heterocycles. The number of carbonyl (C=O) groups excluding carboxylic acids is 4. The Labute approximate surface area is 199 Å². The molecule has 0 amide bonds. The first-order valence-corrected chi connectivity index (χ1v) is 10.7. The van der Waals surface area contributed by atoms with Crippen molar-refractivity contribution >= 4 is 23.7 Å². The van der Waals surface area contributed by atoms with Crippen LogP contribution in [0.25, 0.3) is 0 Å². The highest BCUT2D eigenvalue weighted by atomic mass is 16.7. The lowest BCUT2D eigenvalue weighted by atomic mass is 9.78.